The largest absolute Gasteiger partial charge is 2.00 e. The maximum atomic E-state index is 8.42. The van der Waals surface area contributed by atoms with Crippen molar-refractivity contribution in [2.75, 3.05) is 0 Å². The summed E-state index contributed by atoms with van der Waals surface area (Å²) in [6.07, 6.45) is 0. The van der Waals surface area contributed by atoms with Gasteiger partial charge >= 0.3 is 16.4 Å². The molecule has 0 aliphatic rings. The molecule has 0 atom stereocenters. The quantitative estimate of drug-likeness (QED) is 0.316. The van der Waals surface area contributed by atoms with Gasteiger partial charge in [-0.25, -0.2) is 0 Å². The molecule has 0 saturated heterocycles. The molecule has 0 N–H and O–H groups in total. The van der Waals surface area contributed by atoms with E-state index in [9.17, 15) is 0 Å². The van der Waals surface area contributed by atoms with Crippen LogP contribution in [0, 0.1) is 0 Å². The van der Waals surface area contributed by atoms with E-state index in [1.54, 1.807) is 0 Å². The molecule has 0 aliphatic carbocycles. The summed E-state index contributed by atoms with van der Waals surface area (Å²) in [5, 5.41) is 50.5. The van der Waals surface area contributed by atoms with Crippen LogP contribution in [0.3, 0.4) is 0 Å². The molecule has 60 valence electrons. The van der Waals surface area contributed by atoms with E-state index in [-0.39, 0.29) is 16.4 Å². The van der Waals surface area contributed by atoms with E-state index in [2.05, 4.69) is 0 Å². The van der Waals surface area contributed by atoms with Crippen LogP contribution in [0.1, 0.15) is 0 Å². The highest BCUT2D eigenvalue weighted by atomic mass is 16.5. The summed E-state index contributed by atoms with van der Waals surface area (Å²) in [5.41, 5.74) is 0. The molecule has 0 rings (SSSR count). The van der Waals surface area contributed by atoms with Gasteiger partial charge in [0, 0.05) is 0 Å². The molecule has 0 aromatic carbocycles. The Morgan fingerprint density at radius 3 is 0.455 bits per heavy atom. The first-order valence-electron chi connectivity index (χ1n) is 1.41. The van der Waals surface area contributed by atoms with Crippen LogP contribution in [0.15, 0.2) is 0 Å². The van der Waals surface area contributed by atoms with Crippen molar-refractivity contribution in [3.63, 3.8) is 0 Å². The Hall–Kier alpha value is -0.230. The minimum absolute atomic E-state index is 0. The van der Waals surface area contributed by atoms with E-state index in [0.29, 0.717) is 0 Å². The highest BCUT2D eigenvalue weighted by Crippen LogP contribution is 0.998. The van der Waals surface area contributed by atoms with E-state index in [1.165, 1.54) is 0 Å². The molecule has 12 radical (unpaired) electrons. The lowest BCUT2D eigenvalue weighted by molar-refractivity contribution is -0.481. The van der Waals surface area contributed by atoms with Gasteiger partial charge in [-0.3, -0.25) is 14.6 Å². The van der Waals surface area contributed by atoms with Gasteiger partial charge in [0.2, 0.25) is 0 Å². The van der Waals surface area contributed by atoms with Crippen LogP contribution in [-0.4, -0.2) is 14.6 Å². The predicted molar refractivity (Wildman–Crippen MR) is 13.6 cm³/mol. The third-order valence-electron chi connectivity index (χ3n) is 0. The van der Waals surface area contributed by atoms with E-state index >= 15 is 0 Å². The molecule has 0 heterocycles. The average Bonchev–Trinajstić information content (AvgIpc) is 1.25. The predicted octanol–water partition coefficient (Wildman–Crippen LogP) is -8.25. The van der Waals surface area contributed by atoms with Gasteiger partial charge < -0.3 is 30.1 Å². The van der Waals surface area contributed by atoms with Crippen molar-refractivity contribution in [3.05, 3.63) is 0 Å². The fourth-order valence-electron chi connectivity index (χ4n) is 0. The average molecular weight is 166 g/mol. The van der Waals surface area contributed by atoms with Crippen molar-refractivity contribution in [1.29, 1.82) is 0 Å². The first-order chi connectivity index (χ1) is 3.46. The Balaban J connectivity index is -0.0000000171. The smallest absolute Gasteiger partial charge is 0.907 e. The zero-order valence-electron chi connectivity index (χ0n) is 4.83. The van der Waals surface area contributed by atoms with Gasteiger partial charge in [-0.15, -0.1) is 0 Å². The Morgan fingerprint density at radius 1 is 0.455 bits per heavy atom. The minimum atomic E-state index is -2.92. The van der Waals surface area contributed by atoms with E-state index in [4.69, 9.17) is 30.1 Å². The summed E-state index contributed by atoms with van der Waals surface area (Å²) in [5.74, 6) is 0. The summed E-state index contributed by atoms with van der Waals surface area (Å²) in [4.78, 5) is 0. The second-order valence-corrected chi connectivity index (χ2v) is 0.577. The van der Waals surface area contributed by atoms with E-state index in [0.717, 1.165) is 0 Å². The van der Waals surface area contributed by atoms with Gasteiger partial charge in [0.1, 0.15) is 0 Å². The lowest BCUT2D eigenvalue weighted by Crippen LogP contribution is -2.56. The summed E-state index contributed by atoms with van der Waals surface area (Å²) < 4.78 is 0. The van der Waals surface area contributed by atoms with Crippen LogP contribution in [-0.2, 0) is 16.4 Å². The maximum absolute atomic E-state index is 8.42. The summed E-state index contributed by atoms with van der Waals surface area (Å²) in [7, 11) is -5.83. The van der Waals surface area contributed by atoms with Gasteiger partial charge in [0.25, 0.3) is 0 Å². The molecule has 0 unspecified atom stereocenters. The topological polar surface area (TPSA) is 224 Å². The monoisotopic (exact) mass is 166 g/mol. The highest BCUT2D eigenvalue weighted by molar-refractivity contribution is 6.24. The number of hydrogen-bond acceptors (Lipinski definition) is 6. The lowest BCUT2D eigenvalue weighted by atomic mass is 10.3. The molecule has 9 nitrogen and oxygen atoms in total. The second kappa shape index (κ2) is 22.6. The molecule has 0 amide bonds. The van der Waals surface area contributed by atoms with Crippen LogP contribution in [0.4, 0.5) is 0 Å². The molecule has 0 aromatic rings. The molecular weight excluding hydrogens is 166 g/mol. The van der Waals surface area contributed by atoms with Crippen LogP contribution in [0.2, 0.25) is 0 Å². The zero-order valence-corrected chi connectivity index (χ0v) is 4.83. The zero-order chi connectivity index (χ0) is 7.15. The van der Waals surface area contributed by atoms with Gasteiger partial charge in [-0.05, 0) is 0 Å². The van der Waals surface area contributed by atoms with Crippen molar-refractivity contribution in [2.24, 2.45) is 0 Å². The normalized spacial score (nSPS) is 4.91. The van der Waals surface area contributed by atoms with Gasteiger partial charge in [0.15, 0.2) is 0 Å². The summed E-state index contributed by atoms with van der Waals surface area (Å²) >= 11 is 0. The number of rotatable bonds is 0. The van der Waals surface area contributed by atoms with Crippen LogP contribution >= 0.6 is 0 Å². The second-order valence-electron chi connectivity index (χ2n) is 0.577. The van der Waals surface area contributed by atoms with Crippen LogP contribution in [0.5, 0.6) is 0 Å². The third kappa shape index (κ3) is 11100. The third-order valence-corrected chi connectivity index (χ3v) is 0. The minimum Gasteiger partial charge on any atom is -0.907 e. The van der Waals surface area contributed by atoms with Crippen molar-refractivity contribution in [2.45, 2.75) is 0 Å². The number of hydrogen-bond donors (Lipinski definition) is 0. The first-order valence-corrected chi connectivity index (χ1v) is 1.41. The van der Waals surface area contributed by atoms with Crippen molar-refractivity contribution < 1.29 is 46.6 Å². The molecule has 0 spiro atoms. The van der Waals surface area contributed by atoms with Crippen molar-refractivity contribution in [3.8, 4) is 0 Å². The Morgan fingerprint density at radius 2 is 0.455 bits per heavy atom. The molecule has 0 aliphatic heterocycles. The van der Waals surface area contributed by atoms with Gasteiger partial charge in [-0.2, -0.15) is 0 Å². The molecule has 11 heteroatoms. The van der Waals surface area contributed by atoms with Crippen LogP contribution < -0.4 is 30.1 Å². The van der Waals surface area contributed by atoms with E-state index < -0.39 is 14.6 Å². The van der Waals surface area contributed by atoms with Gasteiger partial charge in [-0.1, -0.05) is 0 Å². The van der Waals surface area contributed by atoms with Gasteiger partial charge in [0.05, 0.1) is 0 Å². The van der Waals surface area contributed by atoms with Crippen LogP contribution in [0.25, 0.3) is 0 Å². The lowest BCUT2D eigenvalue weighted by Gasteiger charge is -2.35. The summed E-state index contributed by atoms with van der Waals surface area (Å²) in [6.45, 7) is 0. The Kier molecular flexibility index (Phi) is 63.4. The van der Waals surface area contributed by atoms with Crippen molar-refractivity contribution >= 4 is 14.6 Å². The molecular formula is B2O9. The molecule has 11 heavy (non-hydrogen) atoms. The fourth-order valence-corrected chi connectivity index (χ4v) is 0. The first kappa shape index (κ1) is 30.9. The standard InChI is InChI=1S/2BO3.3O/c2*2-1(3)4;;;/q2*-3;3*+2. The Bertz CT molecular complexity index is 23.0. The van der Waals surface area contributed by atoms with E-state index in [1.807, 2.05) is 0 Å². The molecule has 0 bridgehead atoms. The highest BCUT2D eigenvalue weighted by Gasteiger charge is 2.00. The van der Waals surface area contributed by atoms with Crippen molar-refractivity contribution in [1.82, 2.24) is 0 Å². The summed E-state index contributed by atoms with van der Waals surface area (Å²) in [6, 6.07) is 0. The molecule has 0 fully saturated rings. The Labute approximate surface area is 62.4 Å². The molecule has 0 saturated carbocycles. The SMILES string of the molecule is [O+2].[O+2].[O+2].[O-]B([O-])[O-].[O-]B([O-])[O-]. The fraction of sp³-hybridized carbons (Fsp3) is 0. The maximum Gasteiger partial charge on any atom is 2.00 e. The molecule has 0 aromatic heterocycles.